The van der Waals surface area contributed by atoms with Crippen LogP contribution in [0.1, 0.15) is 35.4 Å². The summed E-state index contributed by atoms with van der Waals surface area (Å²) >= 11 is 1.25. The highest BCUT2D eigenvalue weighted by molar-refractivity contribution is 7.22. The molecule has 1 unspecified atom stereocenters. The Labute approximate surface area is 164 Å². The molecule has 1 saturated heterocycles. The number of likely N-dealkylation sites (tertiary alicyclic amines) is 1. The van der Waals surface area contributed by atoms with E-state index in [-0.39, 0.29) is 30.1 Å². The molecule has 4 N–H and O–H groups in total. The van der Waals surface area contributed by atoms with Gasteiger partial charge >= 0.3 is 0 Å². The van der Waals surface area contributed by atoms with Crippen molar-refractivity contribution in [1.82, 2.24) is 19.9 Å². The lowest BCUT2D eigenvalue weighted by Gasteiger charge is -2.17. The molecule has 0 radical (unpaired) electrons. The smallest absolute Gasteiger partial charge is 0.274 e. The number of nitrogens with one attached hydrogen (secondary N) is 1. The molecule has 28 heavy (non-hydrogen) atoms. The number of nitrogens with two attached hydrogens (primary N) is 1. The summed E-state index contributed by atoms with van der Waals surface area (Å²) in [6, 6.07) is 2.74. The average Bonchev–Trinajstić information content (AvgIpc) is 3.25. The number of nitrogens with zero attached hydrogens (tertiary/aromatic N) is 4. The molecule has 4 heterocycles. The normalized spacial score (nSPS) is 17.8. The molecule has 1 fully saturated rings. The molecule has 2 atom stereocenters. The standard InChI is InChI=1S/C18H19FN6O2S/c1-9(10-4-11(19)7-21-6-10)22-18-23-13-5-14(20)28-16(13)15(24-18)17(27)25-3-2-12(26)8-25/h4-7,9,12,26H,2-3,8,20H2,1H3,(H,22,23,24)/t9?,12-/m0/s1. The minimum Gasteiger partial charge on any atom is -0.391 e. The Balaban J connectivity index is 1.68. The van der Waals surface area contributed by atoms with Crippen molar-refractivity contribution in [2.75, 3.05) is 24.1 Å². The van der Waals surface area contributed by atoms with E-state index in [0.717, 1.165) is 6.20 Å². The fourth-order valence-corrected chi connectivity index (χ4v) is 4.02. The van der Waals surface area contributed by atoms with Crippen molar-refractivity contribution in [3.8, 4) is 0 Å². The summed E-state index contributed by atoms with van der Waals surface area (Å²) in [4.78, 5) is 27.3. The number of fused-ring (bicyclic) bond motifs is 1. The first-order chi connectivity index (χ1) is 13.4. The Morgan fingerprint density at radius 3 is 2.96 bits per heavy atom. The van der Waals surface area contributed by atoms with Crippen LogP contribution in [0.2, 0.25) is 0 Å². The summed E-state index contributed by atoms with van der Waals surface area (Å²) in [7, 11) is 0. The van der Waals surface area contributed by atoms with Crippen molar-refractivity contribution < 1.29 is 14.3 Å². The maximum Gasteiger partial charge on any atom is 0.274 e. The van der Waals surface area contributed by atoms with Crippen LogP contribution in [0.3, 0.4) is 0 Å². The van der Waals surface area contributed by atoms with Gasteiger partial charge in [0.25, 0.3) is 5.91 Å². The van der Waals surface area contributed by atoms with Gasteiger partial charge in [0.1, 0.15) is 5.82 Å². The van der Waals surface area contributed by atoms with Gasteiger partial charge in [0.2, 0.25) is 5.95 Å². The number of thiophene rings is 1. The van der Waals surface area contributed by atoms with Crippen LogP contribution in [0, 0.1) is 5.82 Å². The number of aliphatic hydroxyl groups excluding tert-OH is 1. The number of amides is 1. The number of aromatic nitrogens is 3. The highest BCUT2D eigenvalue weighted by Crippen LogP contribution is 2.31. The van der Waals surface area contributed by atoms with Crippen LogP contribution in [0.15, 0.2) is 24.5 Å². The molecule has 8 nitrogen and oxygen atoms in total. The van der Waals surface area contributed by atoms with Crippen LogP contribution in [0.5, 0.6) is 0 Å². The fourth-order valence-electron chi connectivity index (χ4n) is 3.18. The second-order valence-corrected chi connectivity index (χ2v) is 7.84. The molecule has 1 amide bonds. The highest BCUT2D eigenvalue weighted by Gasteiger charge is 2.29. The maximum absolute atomic E-state index is 13.4. The van der Waals surface area contributed by atoms with Crippen molar-refractivity contribution in [1.29, 1.82) is 0 Å². The molecule has 3 aromatic heterocycles. The largest absolute Gasteiger partial charge is 0.391 e. The second-order valence-electron chi connectivity index (χ2n) is 6.76. The van der Waals surface area contributed by atoms with Crippen LogP contribution in [0.25, 0.3) is 10.2 Å². The average molecular weight is 402 g/mol. The van der Waals surface area contributed by atoms with Gasteiger partial charge in [-0.05, 0) is 31.0 Å². The Morgan fingerprint density at radius 2 is 2.25 bits per heavy atom. The molecular weight excluding hydrogens is 383 g/mol. The number of halogens is 1. The van der Waals surface area contributed by atoms with Gasteiger partial charge < -0.3 is 21.1 Å². The molecule has 0 spiro atoms. The summed E-state index contributed by atoms with van der Waals surface area (Å²) in [6.45, 7) is 2.57. The first-order valence-corrected chi connectivity index (χ1v) is 9.63. The first-order valence-electron chi connectivity index (χ1n) is 8.82. The third-order valence-electron chi connectivity index (χ3n) is 4.62. The third kappa shape index (κ3) is 3.60. The Bertz CT molecular complexity index is 1040. The fraction of sp³-hybridized carbons (Fsp3) is 0.333. The zero-order chi connectivity index (χ0) is 19.8. The molecule has 10 heteroatoms. The van der Waals surface area contributed by atoms with Crippen LogP contribution < -0.4 is 11.1 Å². The number of hydrogen-bond donors (Lipinski definition) is 3. The Hall–Kier alpha value is -2.85. The second kappa shape index (κ2) is 7.28. The summed E-state index contributed by atoms with van der Waals surface area (Å²) in [5, 5.41) is 13.4. The van der Waals surface area contributed by atoms with Gasteiger partial charge in [-0.15, -0.1) is 11.3 Å². The number of carbonyl (C=O) groups excluding carboxylic acids is 1. The molecular formula is C18H19FN6O2S. The number of hydrogen-bond acceptors (Lipinski definition) is 8. The van der Waals surface area contributed by atoms with E-state index in [0.29, 0.717) is 33.7 Å². The predicted octanol–water partition coefficient (Wildman–Crippen LogP) is 2.19. The summed E-state index contributed by atoms with van der Waals surface area (Å²) < 4.78 is 14.1. The quantitative estimate of drug-likeness (QED) is 0.612. The van der Waals surface area contributed by atoms with Crippen molar-refractivity contribution in [2.24, 2.45) is 0 Å². The van der Waals surface area contributed by atoms with Gasteiger partial charge in [-0.2, -0.15) is 0 Å². The van der Waals surface area contributed by atoms with Crippen LogP contribution in [-0.2, 0) is 0 Å². The number of nitrogen functional groups attached to an aromatic ring is 1. The van der Waals surface area contributed by atoms with E-state index in [1.165, 1.54) is 17.4 Å². The lowest BCUT2D eigenvalue weighted by atomic mass is 10.1. The molecule has 1 aliphatic heterocycles. The van der Waals surface area contributed by atoms with E-state index in [2.05, 4.69) is 20.3 Å². The topological polar surface area (TPSA) is 117 Å². The van der Waals surface area contributed by atoms with Crippen LogP contribution >= 0.6 is 11.3 Å². The lowest BCUT2D eigenvalue weighted by molar-refractivity contribution is 0.0761. The minimum absolute atomic E-state index is 0.241. The third-order valence-corrected chi connectivity index (χ3v) is 5.58. The number of β-amino-alcohol motifs (C(OH)–C–C–N with tert-alkyl or cyclic N) is 1. The van der Waals surface area contributed by atoms with Gasteiger partial charge in [0.15, 0.2) is 5.69 Å². The van der Waals surface area contributed by atoms with Crippen LogP contribution in [-0.4, -0.2) is 50.1 Å². The molecule has 146 valence electrons. The molecule has 0 saturated carbocycles. The zero-order valence-electron chi connectivity index (χ0n) is 15.1. The molecule has 3 aromatic rings. The molecule has 0 bridgehead atoms. The van der Waals surface area contributed by atoms with Gasteiger partial charge in [-0.3, -0.25) is 9.78 Å². The van der Waals surface area contributed by atoms with E-state index in [1.54, 1.807) is 17.2 Å². The summed E-state index contributed by atoms with van der Waals surface area (Å²) in [5.74, 6) is -0.462. The molecule has 4 rings (SSSR count). The van der Waals surface area contributed by atoms with E-state index in [1.807, 2.05) is 6.92 Å². The van der Waals surface area contributed by atoms with E-state index in [4.69, 9.17) is 5.73 Å². The van der Waals surface area contributed by atoms with E-state index >= 15 is 0 Å². The monoisotopic (exact) mass is 402 g/mol. The van der Waals surface area contributed by atoms with Gasteiger partial charge in [0, 0.05) is 19.3 Å². The Kier molecular flexibility index (Phi) is 4.82. The number of carbonyl (C=O) groups is 1. The zero-order valence-corrected chi connectivity index (χ0v) is 15.9. The van der Waals surface area contributed by atoms with Crippen molar-refractivity contribution >= 4 is 38.4 Å². The number of pyridine rings is 1. The van der Waals surface area contributed by atoms with Gasteiger partial charge in [-0.1, -0.05) is 0 Å². The van der Waals surface area contributed by atoms with Gasteiger partial charge in [0.05, 0.1) is 33.6 Å². The Morgan fingerprint density at radius 1 is 1.43 bits per heavy atom. The van der Waals surface area contributed by atoms with Crippen molar-refractivity contribution in [2.45, 2.75) is 25.5 Å². The summed E-state index contributed by atoms with van der Waals surface area (Å²) in [5.41, 5.74) is 7.34. The van der Waals surface area contributed by atoms with E-state index < -0.39 is 11.9 Å². The van der Waals surface area contributed by atoms with Crippen LogP contribution in [0.4, 0.5) is 15.3 Å². The number of aliphatic hydroxyl groups is 1. The number of anilines is 2. The molecule has 0 aromatic carbocycles. The van der Waals surface area contributed by atoms with Crippen molar-refractivity contribution in [3.63, 3.8) is 0 Å². The van der Waals surface area contributed by atoms with Gasteiger partial charge in [-0.25, -0.2) is 14.4 Å². The minimum atomic E-state index is -0.521. The number of rotatable bonds is 4. The van der Waals surface area contributed by atoms with E-state index in [9.17, 15) is 14.3 Å². The maximum atomic E-state index is 13.4. The highest BCUT2D eigenvalue weighted by atomic mass is 32.1. The molecule has 0 aliphatic carbocycles. The van der Waals surface area contributed by atoms with Crippen molar-refractivity contribution in [3.05, 3.63) is 41.6 Å². The summed E-state index contributed by atoms with van der Waals surface area (Å²) in [6.07, 6.45) is 2.71. The molecule has 1 aliphatic rings. The predicted molar refractivity (Wildman–Crippen MR) is 105 cm³/mol. The first kappa shape index (κ1) is 18.5. The SMILES string of the molecule is CC(Nc1nc(C(=O)N2CC[C@H](O)C2)c2sc(N)cc2n1)c1cncc(F)c1. The lowest BCUT2D eigenvalue weighted by Crippen LogP contribution is -2.30.